The number of nitrogens with one attached hydrogen (secondary N) is 1. The van der Waals surface area contributed by atoms with Gasteiger partial charge in [0.2, 0.25) is 5.91 Å². The first kappa shape index (κ1) is 13.0. The van der Waals surface area contributed by atoms with Crippen molar-refractivity contribution in [3.63, 3.8) is 0 Å². The van der Waals surface area contributed by atoms with Crippen LogP contribution in [-0.2, 0) is 22.7 Å². The first-order valence-corrected chi connectivity index (χ1v) is 5.69. The van der Waals surface area contributed by atoms with Crippen molar-refractivity contribution >= 4 is 17.5 Å². The summed E-state index contributed by atoms with van der Waals surface area (Å²) in [5, 5.41) is 2.80. The van der Waals surface area contributed by atoms with E-state index >= 15 is 0 Å². The van der Waals surface area contributed by atoms with Gasteiger partial charge >= 0.3 is 0 Å². The fourth-order valence-corrected chi connectivity index (χ4v) is 1.54. The molecular formula is C12H16ClNO2. The van der Waals surface area contributed by atoms with Gasteiger partial charge in [-0.3, -0.25) is 4.79 Å². The van der Waals surface area contributed by atoms with Gasteiger partial charge in [-0.25, -0.2) is 0 Å². The maximum absolute atomic E-state index is 11.2. The van der Waals surface area contributed by atoms with Crippen LogP contribution < -0.4 is 5.32 Å². The molecule has 0 fully saturated rings. The van der Waals surface area contributed by atoms with Crippen molar-refractivity contribution in [2.45, 2.75) is 19.6 Å². The standard InChI is InChI=1S/C12H16ClNO2/c1-16-9-11-4-2-3-10(7-11)8-14-12(15)5-6-13/h2-4,7H,5-6,8-9H2,1H3,(H,14,15). The van der Waals surface area contributed by atoms with Crippen molar-refractivity contribution in [3.05, 3.63) is 35.4 Å². The van der Waals surface area contributed by atoms with Gasteiger partial charge in [-0.15, -0.1) is 11.6 Å². The van der Waals surface area contributed by atoms with Crippen LogP contribution in [0.4, 0.5) is 0 Å². The Balaban J connectivity index is 2.47. The maximum atomic E-state index is 11.2. The molecule has 1 N–H and O–H groups in total. The summed E-state index contributed by atoms with van der Waals surface area (Å²) in [6.45, 7) is 1.12. The first-order valence-electron chi connectivity index (χ1n) is 5.15. The Hall–Kier alpha value is -1.06. The van der Waals surface area contributed by atoms with E-state index in [1.807, 2.05) is 24.3 Å². The minimum Gasteiger partial charge on any atom is -0.380 e. The van der Waals surface area contributed by atoms with Crippen molar-refractivity contribution in [2.75, 3.05) is 13.0 Å². The van der Waals surface area contributed by atoms with E-state index in [1.165, 1.54) is 0 Å². The minimum absolute atomic E-state index is 0.0212. The summed E-state index contributed by atoms with van der Waals surface area (Å²) in [6.07, 6.45) is 0.360. The van der Waals surface area contributed by atoms with Crippen molar-refractivity contribution < 1.29 is 9.53 Å². The van der Waals surface area contributed by atoms with Crippen molar-refractivity contribution in [2.24, 2.45) is 0 Å². The number of ether oxygens (including phenoxy) is 1. The van der Waals surface area contributed by atoms with E-state index in [4.69, 9.17) is 16.3 Å². The maximum Gasteiger partial charge on any atom is 0.221 e. The minimum atomic E-state index is -0.0212. The van der Waals surface area contributed by atoms with Crippen LogP contribution in [0.15, 0.2) is 24.3 Å². The molecule has 1 aromatic rings. The number of carbonyl (C=O) groups is 1. The predicted octanol–water partition coefficient (Wildman–Crippen LogP) is 2.08. The molecule has 0 saturated carbocycles. The Morgan fingerprint density at radius 1 is 1.44 bits per heavy atom. The molecule has 16 heavy (non-hydrogen) atoms. The summed E-state index contributed by atoms with van der Waals surface area (Å²) in [6, 6.07) is 7.94. The summed E-state index contributed by atoms with van der Waals surface area (Å²) in [7, 11) is 1.66. The zero-order valence-corrected chi connectivity index (χ0v) is 10.1. The Morgan fingerprint density at radius 3 is 2.88 bits per heavy atom. The van der Waals surface area contributed by atoms with Crippen LogP contribution in [0.2, 0.25) is 0 Å². The number of carbonyl (C=O) groups excluding carboxylic acids is 1. The van der Waals surface area contributed by atoms with Gasteiger partial charge in [0.05, 0.1) is 6.61 Å². The smallest absolute Gasteiger partial charge is 0.221 e. The lowest BCUT2D eigenvalue weighted by Crippen LogP contribution is -2.22. The highest BCUT2D eigenvalue weighted by molar-refractivity contribution is 6.18. The predicted molar refractivity (Wildman–Crippen MR) is 64.3 cm³/mol. The second kappa shape index (κ2) is 7.25. The Bertz CT molecular complexity index is 342. The van der Waals surface area contributed by atoms with Crippen molar-refractivity contribution in [3.8, 4) is 0 Å². The third kappa shape index (κ3) is 4.64. The van der Waals surface area contributed by atoms with Crippen molar-refractivity contribution in [1.82, 2.24) is 5.32 Å². The van der Waals surface area contributed by atoms with Gasteiger partial charge in [-0.05, 0) is 11.1 Å². The number of alkyl halides is 1. The lowest BCUT2D eigenvalue weighted by atomic mass is 10.1. The van der Waals surface area contributed by atoms with E-state index in [1.54, 1.807) is 7.11 Å². The Kier molecular flexibility index (Phi) is 5.90. The monoisotopic (exact) mass is 241 g/mol. The SMILES string of the molecule is COCc1cccc(CNC(=O)CCCl)c1. The molecular weight excluding hydrogens is 226 g/mol. The molecule has 0 heterocycles. The van der Waals surface area contributed by atoms with E-state index in [0.717, 1.165) is 11.1 Å². The van der Waals surface area contributed by atoms with Gasteiger partial charge in [0, 0.05) is 26.0 Å². The van der Waals surface area contributed by atoms with Crippen LogP contribution in [0.3, 0.4) is 0 Å². The summed E-state index contributed by atoms with van der Waals surface area (Å²) in [5.41, 5.74) is 2.17. The number of hydrogen-bond donors (Lipinski definition) is 1. The molecule has 0 aromatic heterocycles. The first-order chi connectivity index (χ1) is 7.76. The van der Waals surface area contributed by atoms with E-state index in [-0.39, 0.29) is 5.91 Å². The molecule has 0 bridgehead atoms. The third-order valence-corrected chi connectivity index (χ3v) is 2.30. The van der Waals surface area contributed by atoms with E-state index < -0.39 is 0 Å². The number of amides is 1. The molecule has 0 spiro atoms. The quantitative estimate of drug-likeness (QED) is 0.775. The van der Waals surface area contributed by atoms with Crippen LogP contribution in [-0.4, -0.2) is 18.9 Å². The van der Waals surface area contributed by atoms with Crippen LogP contribution in [0.5, 0.6) is 0 Å². The van der Waals surface area contributed by atoms with Gasteiger partial charge in [0.1, 0.15) is 0 Å². The molecule has 1 aromatic carbocycles. The molecule has 0 aliphatic carbocycles. The number of rotatable bonds is 6. The molecule has 1 rings (SSSR count). The highest BCUT2D eigenvalue weighted by Gasteiger charge is 2.00. The van der Waals surface area contributed by atoms with E-state index in [0.29, 0.717) is 25.5 Å². The molecule has 0 aliphatic rings. The summed E-state index contributed by atoms with van der Waals surface area (Å²) in [5.74, 6) is 0.336. The number of hydrogen-bond acceptors (Lipinski definition) is 2. The fourth-order valence-electron chi connectivity index (χ4n) is 1.37. The molecule has 0 saturated heterocycles. The topological polar surface area (TPSA) is 38.3 Å². The zero-order valence-electron chi connectivity index (χ0n) is 9.33. The van der Waals surface area contributed by atoms with Gasteiger partial charge in [-0.1, -0.05) is 24.3 Å². The number of benzene rings is 1. The lowest BCUT2D eigenvalue weighted by Gasteiger charge is -2.06. The zero-order chi connectivity index (χ0) is 11.8. The summed E-state index contributed by atoms with van der Waals surface area (Å²) in [4.78, 5) is 11.2. The summed E-state index contributed by atoms with van der Waals surface area (Å²) >= 11 is 5.47. The summed E-state index contributed by atoms with van der Waals surface area (Å²) < 4.78 is 5.04. The largest absolute Gasteiger partial charge is 0.380 e. The second-order valence-electron chi connectivity index (χ2n) is 3.47. The van der Waals surface area contributed by atoms with E-state index in [2.05, 4.69) is 5.32 Å². The lowest BCUT2D eigenvalue weighted by molar-refractivity contribution is -0.120. The van der Waals surface area contributed by atoms with Crippen LogP contribution >= 0.6 is 11.6 Å². The molecule has 3 nitrogen and oxygen atoms in total. The molecule has 0 aliphatic heterocycles. The molecule has 4 heteroatoms. The molecule has 0 unspecified atom stereocenters. The average Bonchev–Trinajstić information content (AvgIpc) is 2.28. The highest BCUT2D eigenvalue weighted by Crippen LogP contribution is 2.06. The molecule has 88 valence electrons. The van der Waals surface area contributed by atoms with E-state index in [9.17, 15) is 4.79 Å². The van der Waals surface area contributed by atoms with Gasteiger partial charge in [0.15, 0.2) is 0 Å². The number of halogens is 1. The van der Waals surface area contributed by atoms with Crippen LogP contribution in [0.25, 0.3) is 0 Å². The highest BCUT2D eigenvalue weighted by atomic mass is 35.5. The van der Waals surface area contributed by atoms with Gasteiger partial charge < -0.3 is 10.1 Å². The van der Waals surface area contributed by atoms with Gasteiger partial charge in [-0.2, -0.15) is 0 Å². The second-order valence-corrected chi connectivity index (χ2v) is 3.85. The van der Waals surface area contributed by atoms with Crippen LogP contribution in [0, 0.1) is 0 Å². The normalized spacial score (nSPS) is 10.1. The number of methoxy groups -OCH3 is 1. The van der Waals surface area contributed by atoms with Crippen LogP contribution in [0.1, 0.15) is 17.5 Å². The third-order valence-electron chi connectivity index (χ3n) is 2.11. The Labute approximate surface area is 101 Å². The average molecular weight is 242 g/mol. The molecule has 0 atom stereocenters. The molecule has 0 radical (unpaired) electrons. The Morgan fingerprint density at radius 2 is 2.19 bits per heavy atom. The fraction of sp³-hybridized carbons (Fsp3) is 0.417. The molecule has 1 amide bonds. The van der Waals surface area contributed by atoms with Gasteiger partial charge in [0.25, 0.3) is 0 Å². The van der Waals surface area contributed by atoms with Crippen molar-refractivity contribution in [1.29, 1.82) is 0 Å².